The van der Waals surface area contributed by atoms with Crippen LogP contribution in [-0.4, -0.2) is 84.4 Å². The van der Waals surface area contributed by atoms with Crippen molar-refractivity contribution in [1.82, 2.24) is 5.32 Å². The Morgan fingerprint density at radius 1 is 0.641 bits per heavy atom. The highest BCUT2D eigenvalue weighted by atomic mass is 32.3. The van der Waals surface area contributed by atoms with Crippen LogP contribution in [0.15, 0.2) is 60.7 Å². The molecule has 13 nitrogen and oxygen atoms in total. The molecule has 6 atom stereocenters. The number of carbonyl (C=O) groups is 3. The molecule has 0 radical (unpaired) electrons. The largest absolute Gasteiger partial charge is 0.457 e. The Morgan fingerprint density at radius 2 is 1.09 bits per heavy atom. The van der Waals surface area contributed by atoms with Crippen LogP contribution in [0.5, 0.6) is 0 Å². The number of aryl methyl sites for hydroxylation is 2. The summed E-state index contributed by atoms with van der Waals surface area (Å²) in [6.45, 7) is 1.32. The first kappa shape index (κ1) is 54.9. The Kier molecular flexibility index (Phi) is 28.4. The number of amides is 1. The lowest BCUT2D eigenvalue weighted by atomic mass is 9.96. The zero-order valence-electron chi connectivity index (χ0n) is 38.5. The van der Waals surface area contributed by atoms with Gasteiger partial charge < -0.3 is 29.7 Å². The van der Waals surface area contributed by atoms with E-state index < -0.39 is 71.6 Å². The topological polar surface area (TPSA) is 195 Å². The Balaban J connectivity index is 1.58. The quantitative estimate of drug-likeness (QED) is 0.0288. The average molecular weight is 918 g/mol. The number of unbranched alkanes of at least 4 members (excludes halogenated alkanes) is 19. The summed E-state index contributed by atoms with van der Waals surface area (Å²) in [5, 5.41) is 23.7. The summed E-state index contributed by atoms with van der Waals surface area (Å²) in [4.78, 5) is 40.4. The van der Waals surface area contributed by atoms with Gasteiger partial charge in [-0.3, -0.25) is 18.9 Å². The van der Waals surface area contributed by atoms with Crippen LogP contribution in [0.25, 0.3) is 0 Å². The lowest BCUT2D eigenvalue weighted by Gasteiger charge is -2.43. The van der Waals surface area contributed by atoms with Crippen molar-refractivity contribution < 1.29 is 56.0 Å². The van der Waals surface area contributed by atoms with Crippen molar-refractivity contribution in [3.05, 3.63) is 71.8 Å². The Bertz CT molecular complexity index is 1650. The molecule has 14 heteroatoms. The summed E-state index contributed by atoms with van der Waals surface area (Å²) in [7, 11) is -5.19. The normalized spacial score (nSPS) is 19.2. The first-order valence-electron chi connectivity index (χ1n) is 24.4. The van der Waals surface area contributed by atoms with Gasteiger partial charge in [0, 0.05) is 12.8 Å². The van der Waals surface area contributed by atoms with Gasteiger partial charge in [-0.15, -0.1) is 0 Å². The van der Waals surface area contributed by atoms with Crippen LogP contribution in [0.1, 0.15) is 179 Å². The van der Waals surface area contributed by atoms with Gasteiger partial charge in [-0.05, 0) is 62.5 Å². The molecule has 0 aromatic heterocycles. The highest BCUT2D eigenvalue weighted by Gasteiger charge is 2.51. The molecular weight excluding hydrogens is 839 g/mol. The lowest BCUT2D eigenvalue weighted by molar-refractivity contribution is -0.254. The van der Waals surface area contributed by atoms with Crippen LogP contribution in [0.4, 0.5) is 0 Å². The Hall–Kier alpha value is -3.40. The number of esters is 2. The standard InChI is InChI=1S/C50H79NO12S/c1-2-3-4-5-6-7-8-9-16-27-36-42(60-44(53)37-28-17-12-10-14-21-30-40-32-23-19-24-33-40)49(55)51-46-48(47(63-64(57,58)59)43(39-52)61-50(46)56)62-45(54)38-29-18-13-11-15-22-31-41-34-25-20-26-35-41/h19-20,23-26,32-35,42-43,46-48,50,52,56H,2-18,21-22,27-31,36-39H2,1H3,(H,51,55)(H,57,58,59)/t42?,43-,46-,47-,48-,50?/m1/s1. The van der Waals surface area contributed by atoms with Gasteiger partial charge in [-0.25, -0.2) is 4.18 Å². The van der Waals surface area contributed by atoms with Gasteiger partial charge in [0.15, 0.2) is 18.5 Å². The molecule has 1 fully saturated rings. The lowest BCUT2D eigenvalue weighted by Crippen LogP contribution is -2.67. The van der Waals surface area contributed by atoms with E-state index in [1.807, 2.05) is 36.4 Å². The summed E-state index contributed by atoms with van der Waals surface area (Å²) in [5.41, 5.74) is 2.62. The van der Waals surface area contributed by atoms with E-state index in [-0.39, 0.29) is 19.3 Å². The van der Waals surface area contributed by atoms with Crippen LogP contribution in [-0.2, 0) is 56.0 Å². The molecule has 1 heterocycles. The number of hydrogen-bond donors (Lipinski definition) is 4. The van der Waals surface area contributed by atoms with E-state index >= 15 is 0 Å². The zero-order chi connectivity index (χ0) is 46.3. The van der Waals surface area contributed by atoms with Gasteiger partial charge in [0.05, 0.1) is 6.61 Å². The van der Waals surface area contributed by atoms with E-state index in [4.69, 9.17) is 18.4 Å². The summed E-state index contributed by atoms with van der Waals surface area (Å²) < 4.78 is 55.4. The highest BCUT2D eigenvalue weighted by Crippen LogP contribution is 2.28. The first-order chi connectivity index (χ1) is 31.0. The monoisotopic (exact) mass is 918 g/mol. The average Bonchev–Trinajstić information content (AvgIpc) is 3.27. The van der Waals surface area contributed by atoms with Crippen molar-refractivity contribution in [2.45, 2.75) is 217 Å². The smallest absolute Gasteiger partial charge is 0.397 e. The molecule has 64 heavy (non-hydrogen) atoms. The molecule has 2 aromatic rings. The van der Waals surface area contributed by atoms with Crippen molar-refractivity contribution in [3.63, 3.8) is 0 Å². The molecular formula is C50H79NO12S. The number of aliphatic hydroxyl groups is 2. The Morgan fingerprint density at radius 3 is 1.58 bits per heavy atom. The summed E-state index contributed by atoms with van der Waals surface area (Å²) in [6, 6.07) is 19.0. The summed E-state index contributed by atoms with van der Waals surface area (Å²) in [6.07, 6.45) is 15.6. The molecule has 0 spiro atoms. The maximum atomic E-state index is 14.0. The third kappa shape index (κ3) is 24.2. The van der Waals surface area contributed by atoms with Crippen LogP contribution >= 0.6 is 0 Å². The van der Waals surface area contributed by atoms with Crippen molar-refractivity contribution >= 4 is 28.2 Å². The molecule has 3 rings (SSSR count). The molecule has 1 aliphatic rings. The van der Waals surface area contributed by atoms with Crippen molar-refractivity contribution in [3.8, 4) is 0 Å². The molecule has 1 saturated heterocycles. The van der Waals surface area contributed by atoms with Crippen molar-refractivity contribution in [2.24, 2.45) is 0 Å². The molecule has 1 aliphatic heterocycles. The number of hydrogen-bond acceptors (Lipinski definition) is 11. The fraction of sp³-hybridized carbons (Fsp3) is 0.700. The summed E-state index contributed by atoms with van der Waals surface area (Å²) >= 11 is 0. The molecule has 362 valence electrons. The molecule has 1 amide bonds. The van der Waals surface area contributed by atoms with Gasteiger partial charge in [0.25, 0.3) is 5.91 Å². The zero-order valence-corrected chi connectivity index (χ0v) is 39.3. The minimum atomic E-state index is -5.19. The second-order valence-corrected chi connectivity index (χ2v) is 18.4. The van der Waals surface area contributed by atoms with E-state index in [9.17, 15) is 37.6 Å². The SMILES string of the molecule is CCCCCCCCCCCCC(OC(=O)CCCCCCCCc1ccccc1)C(=O)N[C@H]1C(O)O[C@H](CO)[C@@H](OS(=O)(=O)O)[C@@H]1OC(=O)CCCCCCCCc1ccccc1. The number of benzene rings is 2. The third-order valence-corrected chi connectivity index (χ3v) is 12.4. The molecule has 2 aromatic carbocycles. The second-order valence-electron chi connectivity index (χ2n) is 17.4. The van der Waals surface area contributed by atoms with E-state index in [0.717, 1.165) is 103 Å². The predicted octanol–water partition coefficient (Wildman–Crippen LogP) is 9.45. The number of nitrogens with one attached hydrogen (secondary N) is 1. The molecule has 4 N–H and O–H groups in total. The van der Waals surface area contributed by atoms with Gasteiger partial charge in [0.2, 0.25) is 0 Å². The maximum Gasteiger partial charge on any atom is 0.397 e. The van der Waals surface area contributed by atoms with Crippen LogP contribution < -0.4 is 5.32 Å². The Labute approximate surface area is 383 Å². The predicted molar refractivity (Wildman–Crippen MR) is 247 cm³/mol. The minimum Gasteiger partial charge on any atom is -0.457 e. The minimum absolute atomic E-state index is 0.0484. The maximum absolute atomic E-state index is 14.0. The van der Waals surface area contributed by atoms with Gasteiger partial charge in [-0.1, -0.05) is 177 Å². The fourth-order valence-corrected chi connectivity index (χ4v) is 8.78. The van der Waals surface area contributed by atoms with Crippen molar-refractivity contribution in [1.29, 1.82) is 0 Å². The second kappa shape index (κ2) is 33.1. The van der Waals surface area contributed by atoms with Crippen LogP contribution in [0.3, 0.4) is 0 Å². The van der Waals surface area contributed by atoms with Gasteiger partial charge in [-0.2, -0.15) is 8.42 Å². The van der Waals surface area contributed by atoms with Gasteiger partial charge >= 0.3 is 22.3 Å². The number of aliphatic hydroxyl groups excluding tert-OH is 2. The summed E-state index contributed by atoms with van der Waals surface area (Å²) in [5.74, 6) is -2.09. The fourth-order valence-electron chi connectivity index (χ4n) is 8.26. The highest BCUT2D eigenvalue weighted by molar-refractivity contribution is 7.80. The number of carbonyl (C=O) groups excluding carboxylic acids is 3. The van der Waals surface area contributed by atoms with E-state index in [1.54, 1.807) is 0 Å². The van der Waals surface area contributed by atoms with E-state index in [0.29, 0.717) is 19.3 Å². The van der Waals surface area contributed by atoms with Crippen LogP contribution in [0.2, 0.25) is 0 Å². The molecule has 0 bridgehead atoms. The number of rotatable bonds is 36. The number of ether oxygens (including phenoxy) is 3. The molecule has 2 unspecified atom stereocenters. The van der Waals surface area contributed by atoms with E-state index in [2.05, 4.69) is 36.5 Å². The van der Waals surface area contributed by atoms with Crippen LogP contribution in [0, 0.1) is 0 Å². The van der Waals surface area contributed by atoms with Crippen molar-refractivity contribution in [2.75, 3.05) is 6.61 Å². The third-order valence-electron chi connectivity index (χ3n) is 11.9. The van der Waals surface area contributed by atoms with Gasteiger partial charge in [0.1, 0.15) is 18.2 Å². The molecule has 0 aliphatic carbocycles. The first-order valence-corrected chi connectivity index (χ1v) is 25.7. The van der Waals surface area contributed by atoms with E-state index in [1.165, 1.54) is 43.2 Å². The molecule has 0 saturated carbocycles.